The first-order valence-corrected chi connectivity index (χ1v) is 9.25. The maximum Gasteiger partial charge on any atom is 0.250 e. The Balaban J connectivity index is 1.46. The second kappa shape index (κ2) is 9.24. The second-order valence-electron chi connectivity index (χ2n) is 5.35. The van der Waals surface area contributed by atoms with Gasteiger partial charge in [0.15, 0.2) is 5.16 Å². The standard InChI is InChI=1S/C17H16ClN5O3S/c1-11-3-2-4-14(18)16(11)25-8-13-6-5-12(26-13)7-20-22-15(24)9-27-17-19-10-21-23-17/h2-7,10H,8-9H2,1H3,(H,22,24)(H,19,21,23)/b20-7-. The number of hydrogen-bond donors (Lipinski definition) is 2. The molecule has 0 aliphatic rings. The van der Waals surface area contributed by atoms with Crippen LogP contribution >= 0.6 is 23.4 Å². The smallest absolute Gasteiger partial charge is 0.250 e. The number of thioether (sulfide) groups is 1. The Morgan fingerprint density at radius 2 is 2.33 bits per heavy atom. The van der Waals surface area contributed by atoms with Crippen LogP contribution < -0.4 is 10.2 Å². The molecule has 0 radical (unpaired) electrons. The first kappa shape index (κ1) is 19.0. The van der Waals surface area contributed by atoms with Crippen LogP contribution in [0.4, 0.5) is 0 Å². The fourth-order valence-electron chi connectivity index (χ4n) is 2.08. The molecule has 10 heteroatoms. The van der Waals surface area contributed by atoms with E-state index in [1.807, 2.05) is 19.1 Å². The van der Waals surface area contributed by atoms with Gasteiger partial charge in [-0.1, -0.05) is 35.5 Å². The highest BCUT2D eigenvalue weighted by atomic mass is 35.5. The SMILES string of the molecule is Cc1cccc(Cl)c1OCc1ccc(/C=N\NC(=O)CSc2ncn[nH]2)o1. The number of aryl methyl sites for hydroxylation is 1. The van der Waals surface area contributed by atoms with Crippen molar-refractivity contribution in [2.24, 2.45) is 5.10 Å². The van der Waals surface area contributed by atoms with Crippen molar-refractivity contribution >= 4 is 35.5 Å². The fourth-order valence-corrected chi connectivity index (χ4v) is 2.93. The monoisotopic (exact) mass is 405 g/mol. The highest BCUT2D eigenvalue weighted by Gasteiger charge is 2.07. The Hall–Kier alpha value is -2.78. The lowest BCUT2D eigenvalue weighted by Crippen LogP contribution is -2.19. The topological polar surface area (TPSA) is 105 Å². The van der Waals surface area contributed by atoms with Crippen molar-refractivity contribution in [1.82, 2.24) is 20.6 Å². The molecule has 0 bridgehead atoms. The van der Waals surface area contributed by atoms with E-state index < -0.39 is 0 Å². The Morgan fingerprint density at radius 3 is 3.11 bits per heavy atom. The summed E-state index contributed by atoms with van der Waals surface area (Å²) in [6.45, 7) is 2.16. The summed E-state index contributed by atoms with van der Waals surface area (Å²) in [4.78, 5) is 15.6. The minimum absolute atomic E-state index is 0.168. The van der Waals surface area contributed by atoms with Gasteiger partial charge in [0, 0.05) is 0 Å². The molecule has 3 rings (SSSR count). The zero-order chi connectivity index (χ0) is 19.1. The van der Waals surface area contributed by atoms with Crippen molar-refractivity contribution in [3.63, 3.8) is 0 Å². The fraction of sp³-hybridized carbons (Fsp3) is 0.176. The van der Waals surface area contributed by atoms with Gasteiger partial charge >= 0.3 is 0 Å². The van der Waals surface area contributed by atoms with Gasteiger partial charge in [-0.15, -0.1) is 0 Å². The molecule has 0 aliphatic carbocycles. The molecule has 0 fully saturated rings. The molecule has 2 N–H and O–H groups in total. The molecule has 0 saturated carbocycles. The summed E-state index contributed by atoms with van der Waals surface area (Å²) in [7, 11) is 0. The van der Waals surface area contributed by atoms with E-state index >= 15 is 0 Å². The third kappa shape index (κ3) is 5.60. The maximum absolute atomic E-state index is 11.7. The Kier molecular flexibility index (Phi) is 6.50. The van der Waals surface area contributed by atoms with Gasteiger partial charge in [-0.25, -0.2) is 10.4 Å². The van der Waals surface area contributed by atoms with Crippen LogP contribution in [-0.4, -0.2) is 33.1 Å². The van der Waals surface area contributed by atoms with Crippen LogP contribution in [0.5, 0.6) is 5.75 Å². The van der Waals surface area contributed by atoms with Gasteiger partial charge < -0.3 is 9.15 Å². The van der Waals surface area contributed by atoms with Crippen LogP contribution in [0.2, 0.25) is 5.02 Å². The lowest BCUT2D eigenvalue weighted by atomic mass is 10.2. The molecule has 1 amide bonds. The quantitative estimate of drug-likeness (QED) is 0.338. The molecule has 8 nitrogen and oxygen atoms in total. The number of rotatable bonds is 8. The number of carbonyl (C=O) groups is 1. The number of benzene rings is 1. The zero-order valence-corrected chi connectivity index (χ0v) is 15.9. The first-order valence-electron chi connectivity index (χ1n) is 7.88. The number of hydrazone groups is 1. The summed E-state index contributed by atoms with van der Waals surface area (Å²) in [5.41, 5.74) is 3.36. The van der Waals surface area contributed by atoms with Crippen LogP contribution in [-0.2, 0) is 11.4 Å². The number of carbonyl (C=O) groups excluding carboxylic acids is 1. The summed E-state index contributed by atoms with van der Waals surface area (Å²) >= 11 is 7.36. The highest BCUT2D eigenvalue weighted by molar-refractivity contribution is 7.99. The zero-order valence-electron chi connectivity index (χ0n) is 14.3. The molecule has 27 heavy (non-hydrogen) atoms. The number of H-pyrrole nitrogens is 1. The van der Waals surface area contributed by atoms with E-state index in [9.17, 15) is 4.79 Å². The van der Waals surface area contributed by atoms with Crippen LogP contribution in [0.15, 0.2) is 51.3 Å². The van der Waals surface area contributed by atoms with Crippen molar-refractivity contribution in [3.8, 4) is 5.75 Å². The van der Waals surface area contributed by atoms with Gasteiger partial charge in [-0.2, -0.15) is 10.2 Å². The van der Waals surface area contributed by atoms with Crippen molar-refractivity contribution < 1.29 is 13.9 Å². The summed E-state index contributed by atoms with van der Waals surface area (Å²) in [6, 6.07) is 9.06. The minimum Gasteiger partial charge on any atom is -0.484 e. The van der Waals surface area contributed by atoms with E-state index in [4.69, 9.17) is 20.8 Å². The molecule has 0 spiro atoms. The Labute approximate surface area is 164 Å². The van der Waals surface area contributed by atoms with Gasteiger partial charge in [0.2, 0.25) is 0 Å². The summed E-state index contributed by atoms with van der Waals surface area (Å²) in [5, 5.41) is 11.3. The van der Waals surface area contributed by atoms with E-state index in [0.717, 1.165) is 5.56 Å². The van der Waals surface area contributed by atoms with E-state index in [0.29, 0.717) is 27.4 Å². The summed E-state index contributed by atoms with van der Waals surface area (Å²) in [6.07, 6.45) is 2.80. The average molecular weight is 406 g/mol. The molecule has 0 saturated heterocycles. The molecule has 2 aromatic heterocycles. The number of nitrogens with zero attached hydrogens (tertiary/aromatic N) is 3. The second-order valence-corrected chi connectivity index (χ2v) is 6.72. The minimum atomic E-state index is -0.267. The van der Waals surface area contributed by atoms with Gasteiger partial charge in [-0.3, -0.25) is 9.89 Å². The normalized spacial score (nSPS) is 11.0. The average Bonchev–Trinajstić information content (AvgIpc) is 3.31. The molecular formula is C17H16ClN5O3S. The predicted molar refractivity (Wildman–Crippen MR) is 102 cm³/mol. The molecular weight excluding hydrogens is 390 g/mol. The number of aromatic amines is 1. The van der Waals surface area contributed by atoms with Crippen LogP contribution in [0.1, 0.15) is 17.1 Å². The number of amides is 1. The van der Waals surface area contributed by atoms with Gasteiger partial charge in [0.25, 0.3) is 5.91 Å². The van der Waals surface area contributed by atoms with E-state index in [2.05, 4.69) is 25.7 Å². The van der Waals surface area contributed by atoms with Gasteiger partial charge in [0.05, 0.1) is 17.0 Å². The Morgan fingerprint density at radius 1 is 1.44 bits per heavy atom. The number of halogens is 1. The van der Waals surface area contributed by atoms with Crippen LogP contribution in [0.3, 0.4) is 0 Å². The molecule has 3 aromatic rings. The third-order valence-corrected chi connectivity index (χ3v) is 4.49. The predicted octanol–water partition coefficient (Wildman–Crippen LogP) is 3.18. The lowest BCUT2D eigenvalue weighted by molar-refractivity contribution is -0.118. The van der Waals surface area contributed by atoms with E-state index in [1.165, 1.54) is 24.3 Å². The number of ether oxygens (including phenoxy) is 1. The molecule has 0 unspecified atom stereocenters. The molecule has 0 atom stereocenters. The van der Waals surface area contributed by atoms with Crippen molar-refractivity contribution in [2.75, 3.05) is 5.75 Å². The number of nitrogens with one attached hydrogen (secondary N) is 2. The number of para-hydroxylation sites is 1. The van der Waals surface area contributed by atoms with Crippen molar-refractivity contribution in [2.45, 2.75) is 18.7 Å². The Bertz CT molecular complexity index is 906. The summed E-state index contributed by atoms with van der Waals surface area (Å²) < 4.78 is 11.3. The first-order chi connectivity index (χ1) is 13.1. The van der Waals surface area contributed by atoms with Crippen molar-refractivity contribution in [3.05, 3.63) is 58.8 Å². The molecule has 140 valence electrons. The largest absolute Gasteiger partial charge is 0.484 e. The number of hydrogen-bond acceptors (Lipinski definition) is 7. The van der Waals surface area contributed by atoms with Gasteiger partial charge in [0.1, 0.15) is 30.2 Å². The van der Waals surface area contributed by atoms with E-state index in [-0.39, 0.29) is 18.3 Å². The van der Waals surface area contributed by atoms with Crippen molar-refractivity contribution in [1.29, 1.82) is 0 Å². The lowest BCUT2D eigenvalue weighted by Gasteiger charge is -2.09. The molecule has 2 heterocycles. The number of aromatic nitrogens is 3. The third-order valence-electron chi connectivity index (χ3n) is 3.32. The van der Waals surface area contributed by atoms with Crippen LogP contribution in [0, 0.1) is 6.92 Å². The highest BCUT2D eigenvalue weighted by Crippen LogP contribution is 2.28. The van der Waals surface area contributed by atoms with Gasteiger partial charge in [-0.05, 0) is 30.7 Å². The van der Waals surface area contributed by atoms with E-state index in [1.54, 1.807) is 18.2 Å². The maximum atomic E-state index is 11.7. The summed E-state index contributed by atoms with van der Waals surface area (Å²) in [5.74, 6) is 1.64. The van der Waals surface area contributed by atoms with Crippen LogP contribution in [0.25, 0.3) is 0 Å². The molecule has 1 aromatic carbocycles. The number of furan rings is 1. The molecule has 0 aliphatic heterocycles.